The molecule has 0 spiro atoms. The van der Waals surface area contributed by atoms with E-state index in [1.54, 1.807) is 0 Å². The molecule has 5 nitrogen and oxygen atoms in total. The summed E-state index contributed by atoms with van der Waals surface area (Å²) in [5.74, 6) is -0.950. The summed E-state index contributed by atoms with van der Waals surface area (Å²) >= 11 is 0. The molecule has 3 atom stereocenters. The van der Waals surface area contributed by atoms with Crippen LogP contribution in [0.3, 0.4) is 0 Å². The first kappa shape index (κ1) is 15.8. The molecule has 0 bridgehead atoms. The summed E-state index contributed by atoms with van der Waals surface area (Å²) in [6.07, 6.45) is 3.71. The zero-order valence-electron chi connectivity index (χ0n) is 12.4. The first-order chi connectivity index (χ1) is 8.92. The minimum atomic E-state index is -0.950. The minimum Gasteiger partial charge on any atom is -0.480 e. The summed E-state index contributed by atoms with van der Waals surface area (Å²) in [5, 5.41) is 9.00. The number of rotatable bonds is 5. The van der Waals surface area contributed by atoms with Crippen molar-refractivity contribution in [2.75, 3.05) is 6.54 Å². The van der Waals surface area contributed by atoms with E-state index in [1.165, 1.54) is 4.90 Å². The summed E-state index contributed by atoms with van der Waals surface area (Å²) in [5.41, 5.74) is 0. The third kappa shape index (κ3) is 3.61. The maximum absolute atomic E-state index is 12.6. The zero-order valence-corrected chi connectivity index (χ0v) is 12.4. The highest BCUT2D eigenvalue weighted by atomic mass is 16.4. The molecule has 3 unspecified atom stereocenters. The van der Waals surface area contributed by atoms with E-state index >= 15 is 0 Å². The molecular formula is C14H26N2O3. The molecule has 1 N–H and O–H groups in total. The highest BCUT2D eigenvalue weighted by molar-refractivity contribution is 5.81. The van der Waals surface area contributed by atoms with Crippen LogP contribution in [0.4, 0.5) is 4.79 Å². The van der Waals surface area contributed by atoms with Gasteiger partial charge < -0.3 is 14.9 Å². The van der Waals surface area contributed by atoms with Gasteiger partial charge in [0.25, 0.3) is 0 Å². The molecule has 1 fully saturated rings. The summed E-state index contributed by atoms with van der Waals surface area (Å²) < 4.78 is 0. The van der Waals surface area contributed by atoms with Gasteiger partial charge in [-0.2, -0.15) is 0 Å². The van der Waals surface area contributed by atoms with E-state index in [-0.39, 0.29) is 30.7 Å². The monoisotopic (exact) mass is 270 g/mol. The molecule has 1 aliphatic heterocycles. The molecule has 1 rings (SSSR count). The fourth-order valence-electron chi connectivity index (χ4n) is 2.74. The maximum atomic E-state index is 12.6. The van der Waals surface area contributed by atoms with Crippen molar-refractivity contribution >= 4 is 12.0 Å². The first-order valence-electron chi connectivity index (χ1n) is 7.23. The number of hydrogen-bond donors (Lipinski definition) is 1. The van der Waals surface area contributed by atoms with Gasteiger partial charge in [0, 0.05) is 18.1 Å². The Morgan fingerprint density at radius 2 is 2.00 bits per heavy atom. The number of carboxylic acids is 1. The molecule has 2 amide bonds. The van der Waals surface area contributed by atoms with Crippen molar-refractivity contribution in [3.8, 4) is 0 Å². The molecule has 0 aromatic rings. The van der Waals surface area contributed by atoms with Gasteiger partial charge in [-0.05, 0) is 39.5 Å². The van der Waals surface area contributed by atoms with Crippen molar-refractivity contribution in [3.05, 3.63) is 0 Å². The van der Waals surface area contributed by atoms with Crippen LogP contribution >= 0.6 is 0 Å². The van der Waals surface area contributed by atoms with E-state index in [2.05, 4.69) is 6.92 Å². The maximum Gasteiger partial charge on any atom is 0.323 e. The molecule has 0 aromatic heterocycles. The smallest absolute Gasteiger partial charge is 0.323 e. The Balaban J connectivity index is 2.88. The van der Waals surface area contributed by atoms with Crippen molar-refractivity contribution in [2.45, 2.75) is 71.5 Å². The second-order valence-electron chi connectivity index (χ2n) is 5.46. The Kier molecular flexibility index (Phi) is 5.63. The average Bonchev–Trinajstić information content (AvgIpc) is 2.75. The van der Waals surface area contributed by atoms with Gasteiger partial charge in [0.1, 0.15) is 6.54 Å². The lowest BCUT2D eigenvalue weighted by molar-refractivity contribution is -0.138. The Labute approximate surface area is 115 Å². The molecule has 0 radical (unpaired) electrons. The number of nitrogens with zero attached hydrogens (tertiary/aromatic N) is 2. The summed E-state index contributed by atoms with van der Waals surface area (Å²) in [4.78, 5) is 27.0. The van der Waals surface area contributed by atoms with Crippen LogP contribution in [0.25, 0.3) is 0 Å². The predicted octanol–water partition coefficient (Wildman–Crippen LogP) is 2.55. The third-order valence-corrected chi connectivity index (χ3v) is 4.15. The van der Waals surface area contributed by atoms with Crippen LogP contribution in [-0.2, 0) is 4.79 Å². The molecule has 0 saturated carbocycles. The molecule has 110 valence electrons. The van der Waals surface area contributed by atoms with Crippen molar-refractivity contribution in [2.24, 2.45) is 0 Å². The lowest BCUT2D eigenvalue weighted by Crippen LogP contribution is -2.52. The van der Waals surface area contributed by atoms with E-state index in [9.17, 15) is 9.59 Å². The number of carbonyl (C=O) groups is 2. The number of carboxylic acid groups (broad SMARTS) is 1. The van der Waals surface area contributed by atoms with E-state index in [0.717, 1.165) is 25.7 Å². The van der Waals surface area contributed by atoms with Crippen LogP contribution in [0.5, 0.6) is 0 Å². The first-order valence-corrected chi connectivity index (χ1v) is 7.23. The Bertz CT molecular complexity index is 333. The standard InChI is InChI=1S/C14H26N2O3/c1-5-10(3)15(9-13(17)18)14(19)16-11(4)7-8-12(16)6-2/h10-12H,5-9H2,1-4H3,(H,17,18). The lowest BCUT2D eigenvalue weighted by atomic mass is 10.1. The normalized spacial score (nSPS) is 24.3. The third-order valence-electron chi connectivity index (χ3n) is 4.15. The van der Waals surface area contributed by atoms with Crippen LogP contribution in [0, 0.1) is 0 Å². The molecule has 19 heavy (non-hydrogen) atoms. The lowest BCUT2D eigenvalue weighted by Gasteiger charge is -2.36. The van der Waals surface area contributed by atoms with Crippen LogP contribution in [0.1, 0.15) is 53.4 Å². The van der Waals surface area contributed by atoms with E-state index in [0.29, 0.717) is 0 Å². The molecular weight excluding hydrogens is 244 g/mol. The summed E-state index contributed by atoms with van der Waals surface area (Å²) in [7, 11) is 0. The van der Waals surface area contributed by atoms with Gasteiger partial charge in [0.05, 0.1) is 0 Å². The quantitative estimate of drug-likeness (QED) is 0.835. The number of urea groups is 1. The van der Waals surface area contributed by atoms with Gasteiger partial charge in [-0.25, -0.2) is 4.79 Å². The highest BCUT2D eigenvalue weighted by Crippen LogP contribution is 2.27. The molecule has 0 aromatic carbocycles. The fourth-order valence-corrected chi connectivity index (χ4v) is 2.74. The van der Waals surface area contributed by atoms with Gasteiger partial charge >= 0.3 is 12.0 Å². The van der Waals surface area contributed by atoms with Gasteiger partial charge in [-0.1, -0.05) is 13.8 Å². The number of likely N-dealkylation sites (tertiary alicyclic amines) is 1. The zero-order chi connectivity index (χ0) is 14.6. The second kappa shape index (κ2) is 6.78. The van der Waals surface area contributed by atoms with Crippen molar-refractivity contribution in [1.29, 1.82) is 0 Å². The Morgan fingerprint density at radius 1 is 1.37 bits per heavy atom. The van der Waals surface area contributed by atoms with Gasteiger partial charge in [0.15, 0.2) is 0 Å². The van der Waals surface area contributed by atoms with Crippen LogP contribution in [-0.4, -0.2) is 51.6 Å². The summed E-state index contributed by atoms with van der Waals surface area (Å²) in [6, 6.07) is 0.295. The number of carbonyl (C=O) groups excluding carboxylic acids is 1. The Hall–Kier alpha value is -1.26. The van der Waals surface area contributed by atoms with E-state index in [1.807, 2.05) is 25.7 Å². The van der Waals surface area contributed by atoms with Crippen molar-refractivity contribution < 1.29 is 14.7 Å². The van der Waals surface area contributed by atoms with Crippen LogP contribution in [0.2, 0.25) is 0 Å². The SMILES string of the molecule is CCC(C)N(CC(=O)O)C(=O)N1C(C)CCC1CC. The van der Waals surface area contributed by atoms with E-state index < -0.39 is 5.97 Å². The fraction of sp³-hybridized carbons (Fsp3) is 0.857. The van der Waals surface area contributed by atoms with Gasteiger partial charge in [-0.3, -0.25) is 4.79 Å². The van der Waals surface area contributed by atoms with Gasteiger partial charge in [0.2, 0.25) is 0 Å². The molecule has 1 aliphatic rings. The van der Waals surface area contributed by atoms with Crippen molar-refractivity contribution in [3.63, 3.8) is 0 Å². The Morgan fingerprint density at radius 3 is 2.47 bits per heavy atom. The summed E-state index contributed by atoms with van der Waals surface area (Å²) in [6.45, 7) is 7.78. The molecule has 1 heterocycles. The number of amides is 2. The topological polar surface area (TPSA) is 60.9 Å². The van der Waals surface area contributed by atoms with Gasteiger partial charge in [-0.15, -0.1) is 0 Å². The van der Waals surface area contributed by atoms with Crippen molar-refractivity contribution in [1.82, 2.24) is 9.80 Å². The number of hydrogen-bond acceptors (Lipinski definition) is 2. The second-order valence-corrected chi connectivity index (χ2v) is 5.46. The largest absolute Gasteiger partial charge is 0.480 e. The molecule has 5 heteroatoms. The van der Waals surface area contributed by atoms with E-state index in [4.69, 9.17) is 5.11 Å². The van der Waals surface area contributed by atoms with Crippen LogP contribution in [0.15, 0.2) is 0 Å². The average molecular weight is 270 g/mol. The highest BCUT2D eigenvalue weighted by Gasteiger charge is 2.37. The minimum absolute atomic E-state index is 0.0473. The molecule has 0 aliphatic carbocycles. The number of aliphatic carboxylic acids is 1. The van der Waals surface area contributed by atoms with Crippen LogP contribution < -0.4 is 0 Å². The molecule has 1 saturated heterocycles. The predicted molar refractivity (Wildman–Crippen MR) is 74.1 cm³/mol.